The van der Waals surface area contributed by atoms with Crippen LogP contribution in [0.1, 0.15) is 25.0 Å². The number of nitriles is 1. The van der Waals surface area contributed by atoms with E-state index in [2.05, 4.69) is 16.4 Å². The van der Waals surface area contributed by atoms with E-state index in [-0.39, 0.29) is 5.91 Å². The van der Waals surface area contributed by atoms with Crippen molar-refractivity contribution in [2.24, 2.45) is 0 Å². The first-order valence-corrected chi connectivity index (χ1v) is 7.93. The highest BCUT2D eigenvalue weighted by Crippen LogP contribution is 2.33. The van der Waals surface area contributed by atoms with Crippen LogP contribution in [-0.4, -0.2) is 18.0 Å². The van der Waals surface area contributed by atoms with Crippen molar-refractivity contribution in [1.29, 1.82) is 5.26 Å². The Hall–Kier alpha value is -3.26. The Morgan fingerprint density at radius 2 is 2.00 bits per heavy atom. The van der Waals surface area contributed by atoms with E-state index in [9.17, 15) is 10.1 Å². The van der Waals surface area contributed by atoms with Gasteiger partial charge in [-0.25, -0.2) is 0 Å². The fourth-order valence-electron chi connectivity index (χ4n) is 2.83. The molecular weight excluding hydrogens is 314 g/mol. The van der Waals surface area contributed by atoms with Crippen molar-refractivity contribution in [3.63, 3.8) is 0 Å². The molecule has 0 aliphatic rings. The maximum Gasteiger partial charge on any atom is 0.234 e. The lowest BCUT2D eigenvalue weighted by Gasteiger charge is -2.24. The number of hydrogen-bond donors (Lipinski definition) is 2. The second-order valence-corrected chi connectivity index (χ2v) is 6.35. The molecule has 25 heavy (non-hydrogen) atoms. The van der Waals surface area contributed by atoms with Gasteiger partial charge in [-0.3, -0.25) is 4.79 Å². The number of amides is 1. The second-order valence-electron chi connectivity index (χ2n) is 6.35. The number of aromatic amines is 1. The number of nitrogens with one attached hydrogen (secondary N) is 2. The largest absolute Gasteiger partial charge is 0.497 e. The van der Waals surface area contributed by atoms with Crippen LogP contribution in [0, 0.1) is 11.3 Å². The highest BCUT2D eigenvalue weighted by molar-refractivity contribution is 6.02. The van der Waals surface area contributed by atoms with E-state index in [0.29, 0.717) is 11.3 Å². The quantitative estimate of drug-likeness (QED) is 0.758. The SMILES string of the molecule is COc1ccc2[nH]cc(C(C)(C)C(=O)Nc3ccccc3C#N)c2c1. The van der Waals surface area contributed by atoms with Crippen LogP contribution in [0.15, 0.2) is 48.7 Å². The molecule has 126 valence electrons. The predicted molar refractivity (Wildman–Crippen MR) is 97.7 cm³/mol. The van der Waals surface area contributed by atoms with E-state index in [0.717, 1.165) is 22.2 Å². The first-order valence-electron chi connectivity index (χ1n) is 7.93. The Labute approximate surface area is 146 Å². The van der Waals surface area contributed by atoms with E-state index in [1.807, 2.05) is 38.2 Å². The number of carbonyl (C=O) groups is 1. The molecule has 0 aliphatic heterocycles. The smallest absolute Gasteiger partial charge is 0.234 e. The van der Waals surface area contributed by atoms with Crippen LogP contribution < -0.4 is 10.1 Å². The van der Waals surface area contributed by atoms with Gasteiger partial charge in [0, 0.05) is 17.1 Å². The van der Waals surface area contributed by atoms with Crippen molar-refractivity contribution < 1.29 is 9.53 Å². The number of hydrogen-bond acceptors (Lipinski definition) is 3. The van der Waals surface area contributed by atoms with Crippen LogP contribution in [-0.2, 0) is 10.2 Å². The van der Waals surface area contributed by atoms with Crippen LogP contribution in [0.5, 0.6) is 5.75 Å². The van der Waals surface area contributed by atoms with E-state index >= 15 is 0 Å². The molecule has 0 bridgehead atoms. The number of rotatable bonds is 4. The second kappa shape index (κ2) is 6.33. The van der Waals surface area contributed by atoms with Crippen LogP contribution in [0.4, 0.5) is 5.69 Å². The molecule has 2 N–H and O–H groups in total. The topological polar surface area (TPSA) is 77.9 Å². The third-order valence-corrected chi connectivity index (χ3v) is 4.43. The van der Waals surface area contributed by atoms with Crippen LogP contribution in [0.2, 0.25) is 0 Å². The summed E-state index contributed by atoms with van der Waals surface area (Å²) in [5.74, 6) is 0.554. The summed E-state index contributed by atoms with van der Waals surface area (Å²) in [6.45, 7) is 3.72. The average molecular weight is 333 g/mol. The minimum atomic E-state index is -0.798. The number of carbonyl (C=O) groups excluding carboxylic acids is 1. The molecular formula is C20H19N3O2. The molecule has 2 aromatic carbocycles. The van der Waals surface area contributed by atoms with Gasteiger partial charge in [0.1, 0.15) is 11.8 Å². The van der Waals surface area contributed by atoms with Crippen molar-refractivity contribution in [2.45, 2.75) is 19.3 Å². The number of anilines is 1. The molecule has 0 radical (unpaired) electrons. The molecule has 5 heteroatoms. The van der Waals surface area contributed by atoms with Gasteiger partial charge < -0.3 is 15.0 Å². The first kappa shape index (κ1) is 16.6. The van der Waals surface area contributed by atoms with Gasteiger partial charge in [-0.2, -0.15) is 5.26 Å². The molecule has 0 atom stereocenters. The highest BCUT2D eigenvalue weighted by Gasteiger charge is 2.32. The summed E-state index contributed by atoms with van der Waals surface area (Å²) >= 11 is 0. The molecule has 0 saturated carbocycles. The van der Waals surface area contributed by atoms with Gasteiger partial charge in [-0.05, 0) is 49.7 Å². The summed E-state index contributed by atoms with van der Waals surface area (Å²) in [6, 6.07) is 14.8. The summed E-state index contributed by atoms with van der Waals surface area (Å²) < 4.78 is 5.30. The Kier molecular flexibility index (Phi) is 4.20. The summed E-state index contributed by atoms with van der Waals surface area (Å²) in [5, 5.41) is 13.0. The first-order chi connectivity index (χ1) is 12.0. The average Bonchev–Trinajstić information content (AvgIpc) is 3.05. The number of methoxy groups -OCH3 is 1. The van der Waals surface area contributed by atoms with Gasteiger partial charge in [0.2, 0.25) is 5.91 Å². The number of fused-ring (bicyclic) bond motifs is 1. The number of aromatic nitrogens is 1. The molecule has 0 fully saturated rings. The molecule has 0 unspecified atom stereocenters. The molecule has 0 aliphatic carbocycles. The Morgan fingerprint density at radius 1 is 1.24 bits per heavy atom. The zero-order valence-corrected chi connectivity index (χ0v) is 14.4. The summed E-state index contributed by atoms with van der Waals surface area (Å²) in [7, 11) is 1.62. The molecule has 3 aromatic rings. The maximum atomic E-state index is 12.9. The fourth-order valence-corrected chi connectivity index (χ4v) is 2.83. The van der Waals surface area contributed by atoms with Crippen molar-refractivity contribution in [2.75, 3.05) is 12.4 Å². The van der Waals surface area contributed by atoms with Crippen molar-refractivity contribution in [1.82, 2.24) is 4.98 Å². The van der Waals surface area contributed by atoms with E-state index in [1.54, 1.807) is 31.4 Å². The number of benzene rings is 2. The molecule has 5 nitrogen and oxygen atoms in total. The lowest BCUT2D eigenvalue weighted by atomic mass is 9.83. The van der Waals surface area contributed by atoms with Gasteiger partial charge in [0.05, 0.1) is 23.8 Å². The van der Waals surface area contributed by atoms with Gasteiger partial charge in [0.15, 0.2) is 0 Å². The van der Waals surface area contributed by atoms with Crippen molar-refractivity contribution >= 4 is 22.5 Å². The number of para-hydroxylation sites is 1. The molecule has 1 heterocycles. The minimum absolute atomic E-state index is 0.182. The lowest BCUT2D eigenvalue weighted by molar-refractivity contribution is -0.120. The van der Waals surface area contributed by atoms with E-state index < -0.39 is 5.41 Å². The van der Waals surface area contributed by atoms with Crippen LogP contribution in [0.25, 0.3) is 10.9 Å². The Bertz CT molecular complexity index is 980. The minimum Gasteiger partial charge on any atom is -0.497 e. The molecule has 0 saturated heterocycles. The Balaban J connectivity index is 1.98. The number of nitrogens with zero attached hydrogens (tertiary/aromatic N) is 1. The molecule has 1 amide bonds. The van der Waals surface area contributed by atoms with E-state index in [4.69, 9.17) is 4.74 Å². The summed E-state index contributed by atoms with van der Waals surface area (Å²) in [4.78, 5) is 16.1. The zero-order valence-electron chi connectivity index (χ0n) is 14.4. The highest BCUT2D eigenvalue weighted by atomic mass is 16.5. The standard InChI is InChI=1S/C20H19N3O2/c1-20(2,19(24)23-17-7-5-4-6-13(17)11-21)16-12-22-18-9-8-14(25-3)10-15(16)18/h4-10,12,22H,1-3H3,(H,23,24). The normalized spacial score (nSPS) is 11.1. The number of H-pyrrole nitrogens is 1. The van der Waals surface area contributed by atoms with Crippen LogP contribution >= 0.6 is 0 Å². The Morgan fingerprint density at radius 3 is 2.72 bits per heavy atom. The van der Waals surface area contributed by atoms with Gasteiger partial charge in [-0.1, -0.05) is 12.1 Å². The predicted octanol–water partition coefficient (Wildman–Crippen LogP) is 3.96. The van der Waals surface area contributed by atoms with Gasteiger partial charge in [-0.15, -0.1) is 0 Å². The summed E-state index contributed by atoms with van der Waals surface area (Å²) in [6.07, 6.45) is 1.85. The molecule has 1 aromatic heterocycles. The van der Waals surface area contributed by atoms with Gasteiger partial charge in [0.25, 0.3) is 0 Å². The fraction of sp³-hybridized carbons (Fsp3) is 0.200. The van der Waals surface area contributed by atoms with Gasteiger partial charge >= 0.3 is 0 Å². The third kappa shape index (κ3) is 2.94. The monoisotopic (exact) mass is 333 g/mol. The summed E-state index contributed by atoms with van der Waals surface area (Å²) in [5.41, 5.74) is 1.96. The van der Waals surface area contributed by atoms with E-state index in [1.165, 1.54) is 0 Å². The zero-order chi connectivity index (χ0) is 18.0. The van der Waals surface area contributed by atoms with Crippen molar-refractivity contribution in [3.05, 3.63) is 59.8 Å². The van der Waals surface area contributed by atoms with Crippen LogP contribution in [0.3, 0.4) is 0 Å². The molecule has 3 rings (SSSR count). The lowest BCUT2D eigenvalue weighted by Crippen LogP contribution is -2.34. The van der Waals surface area contributed by atoms with Crippen molar-refractivity contribution in [3.8, 4) is 11.8 Å². The third-order valence-electron chi connectivity index (χ3n) is 4.43. The maximum absolute atomic E-state index is 12.9. The number of ether oxygens (including phenoxy) is 1. The molecule has 0 spiro atoms.